The van der Waals surface area contributed by atoms with Gasteiger partial charge in [0.05, 0.1) is 6.42 Å². The summed E-state index contributed by atoms with van der Waals surface area (Å²) in [6.45, 7) is 1.60. The number of benzene rings is 1. The Bertz CT molecular complexity index is 782. The predicted octanol–water partition coefficient (Wildman–Crippen LogP) is 3.78. The predicted molar refractivity (Wildman–Crippen MR) is 97.0 cm³/mol. The number of nitrogens with zero attached hydrogens (tertiary/aromatic N) is 1. The Kier molecular flexibility index (Phi) is 7.24. The lowest BCUT2D eigenvalue weighted by molar-refractivity contribution is -0.267. The normalized spacial score (nSPS) is 14.0. The van der Waals surface area contributed by atoms with Crippen LogP contribution in [0.4, 0.5) is 17.6 Å². The van der Waals surface area contributed by atoms with Crippen molar-refractivity contribution in [2.45, 2.75) is 30.9 Å². The molecule has 1 heterocycles. The number of hydrogen-bond acceptors (Lipinski definition) is 5. The van der Waals surface area contributed by atoms with Gasteiger partial charge in [-0.05, 0) is 18.6 Å². The fourth-order valence-corrected chi connectivity index (χ4v) is 3.96. The summed E-state index contributed by atoms with van der Waals surface area (Å²) in [5.41, 5.74) is -2.47. The average Bonchev–Trinajstić information content (AvgIpc) is 3.02. The van der Waals surface area contributed by atoms with Gasteiger partial charge in [0.1, 0.15) is 10.8 Å². The third-order valence-electron chi connectivity index (χ3n) is 3.64. The summed E-state index contributed by atoms with van der Waals surface area (Å²) >= 11 is 1.99. The van der Waals surface area contributed by atoms with Crippen molar-refractivity contribution in [2.24, 2.45) is 0 Å². The fourth-order valence-electron chi connectivity index (χ4n) is 2.20. The van der Waals surface area contributed by atoms with Crippen LogP contribution in [0.3, 0.4) is 0 Å². The molecule has 27 heavy (non-hydrogen) atoms. The molecule has 0 aliphatic rings. The Morgan fingerprint density at radius 2 is 2.04 bits per heavy atom. The van der Waals surface area contributed by atoms with Crippen LogP contribution in [0, 0.1) is 12.7 Å². The highest BCUT2D eigenvalue weighted by atomic mass is 32.2. The maximum absolute atomic E-state index is 13.5. The maximum Gasteiger partial charge on any atom is 0.424 e. The Morgan fingerprint density at radius 3 is 2.63 bits per heavy atom. The van der Waals surface area contributed by atoms with Gasteiger partial charge in [-0.2, -0.15) is 24.9 Å². The third kappa shape index (κ3) is 5.66. The van der Waals surface area contributed by atoms with E-state index >= 15 is 0 Å². The number of thioether (sulfide) groups is 1. The Hall–Kier alpha value is -1.65. The van der Waals surface area contributed by atoms with E-state index in [-0.39, 0.29) is 12.4 Å². The molecule has 2 rings (SSSR count). The molecule has 0 bridgehead atoms. The Morgan fingerprint density at radius 1 is 1.33 bits per heavy atom. The van der Waals surface area contributed by atoms with E-state index in [1.54, 1.807) is 18.2 Å². The van der Waals surface area contributed by atoms with Crippen molar-refractivity contribution in [3.05, 3.63) is 51.7 Å². The number of aliphatic hydroxyl groups is 1. The number of aryl methyl sites for hydroxylation is 1. The zero-order valence-electron chi connectivity index (χ0n) is 14.3. The molecular weight excluding hydrogens is 404 g/mol. The number of halogens is 4. The van der Waals surface area contributed by atoms with E-state index in [1.165, 1.54) is 30.1 Å². The molecule has 0 aliphatic carbocycles. The zero-order chi connectivity index (χ0) is 20.1. The molecule has 10 heteroatoms. The number of thiazole rings is 1. The van der Waals surface area contributed by atoms with Gasteiger partial charge >= 0.3 is 6.18 Å². The monoisotopic (exact) mass is 422 g/mol. The highest BCUT2D eigenvalue weighted by molar-refractivity contribution is 7.98. The quantitative estimate of drug-likeness (QED) is 0.502. The molecule has 1 aromatic carbocycles. The summed E-state index contributed by atoms with van der Waals surface area (Å²) in [5, 5.41) is 13.3. The van der Waals surface area contributed by atoms with E-state index in [1.807, 2.05) is 0 Å². The van der Waals surface area contributed by atoms with Crippen LogP contribution in [0.5, 0.6) is 0 Å². The summed E-state index contributed by atoms with van der Waals surface area (Å²) in [6, 6.07) is 6.27. The van der Waals surface area contributed by atoms with Gasteiger partial charge < -0.3 is 10.4 Å². The second-order valence-electron chi connectivity index (χ2n) is 5.82. The lowest BCUT2D eigenvalue weighted by Crippen LogP contribution is -2.46. The van der Waals surface area contributed by atoms with Crippen molar-refractivity contribution in [3.63, 3.8) is 0 Å². The standard InChI is InChI=1S/C17H18F4N2O2S2/c1-11-9-27-15(23-11)16(25,17(19,20)21)8-14(24)22-6-7-26-10-12-4-2-3-5-13(12)18/h2-5,9,25H,6-8,10H2,1H3,(H,22,24). The van der Waals surface area contributed by atoms with Gasteiger partial charge in [-0.25, -0.2) is 9.37 Å². The number of aromatic nitrogens is 1. The van der Waals surface area contributed by atoms with Crippen LogP contribution in [0.2, 0.25) is 0 Å². The summed E-state index contributed by atoms with van der Waals surface area (Å²) in [6.07, 6.45) is -6.20. The first-order valence-corrected chi connectivity index (χ1v) is 9.96. The van der Waals surface area contributed by atoms with E-state index in [0.717, 1.165) is 0 Å². The molecule has 2 aromatic rings. The topological polar surface area (TPSA) is 62.2 Å². The SMILES string of the molecule is Cc1csc(C(O)(CC(=O)NCCSCc2ccccc2F)C(F)(F)F)n1. The van der Waals surface area contributed by atoms with Crippen molar-refractivity contribution >= 4 is 29.0 Å². The molecule has 4 nitrogen and oxygen atoms in total. The Labute approximate surface area is 162 Å². The first-order chi connectivity index (χ1) is 12.6. The number of rotatable bonds is 8. The summed E-state index contributed by atoms with van der Waals surface area (Å²) in [5.74, 6) is -0.494. The van der Waals surface area contributed by atoms with Crippen LogP contribution in [-0.4, -0.2) is 34.5 Å². The molecule has 1 atom stereocenters. The largest absolute Gasteiger partial charge is 0.424 e. The first kappa shape index (κ1) is 21.6. The molecule has 148 valence electrons. The van der Waals surface area contributed by atoms with Crippen LogP contribution in [-0.2, 0) is 16.1 Å². The fraction of sp³-hybridized carbons (Fsp3) is 0.412. The van der Waals surface area contributed by atoms with Gasteiger partial charge in [0, 0.05) is 29.1 Å². The molecule has 0 radical (unpaired) electrons. The molecule has 2 N–H and O–H groups in total. The lowest BCUT2D eigenvalue weighted by atomic mass is 9.99. The van der Waals surface area contributed by atoms with Crippen molar-refractivity contribution in [1.29, 1.82) is 0 Å². The highest BCUT2D eigenvalue weighted by Crippen LogP contribution is 2.42. The van der Waals surface area contributed by atoms with Crippen LogP contribution < -0.4 is 5.32 Å². The second-order valence-corrected chi connectivity index (χ2v) is 7.79. The van der Waals surface area contributed by atoms with Crippen LogP contribution in [0.15, 0.2) is 29.6 Å². The number of amides is 1. The second kappa shape index (κ2) is 9.03. The summed E-state index contributed by atoms with van der Waals surface area (Å²) in [4.78, 5) is 15.6. The van der Waals surface area contributed by atoms with Crippen LogP contribution in [0.1, 0.15) is 22.7 Å². The highest BCUT2D eigenvalue weighted by Gasteiger charge is 2.58. The average molecular weight is 422 g/mol. The molecule has 1 unspecified atom stereocenters. The van der Waals surface area contributed by atoms with Crippen LogP contribution >= 0.6 is 23.1 Å². The molecule has 0 saturated carbocycles. The third-order valence-corrected chi connectivity index (χ3v) is 5.76. The molecular formula is C17H18F4N2O2S2. The van der Waals surface area contributed by atoms with Gasteiger partial charge in [0.15, 0.2) is 0 Å². The number of nitrogens with one attached hydrogen (secondary N) is 1. The molecule has 0 fully saturated rings. The lowest BCUT2D eigenvalue weighted by Gasteiger charge is -2.27. The minimum atomic E-state index is -5.03. The van der Waals surface area contributed by atoms with Crippen molar-refractivity contribution < 1.29 is 27.5 Å². The van der Waals surface area contributed by atoms with E-state index in [0.29, 0.717) is 34.1 Å². The molecule has 0 saturated heterocycles. The van der Waals surface area contributed by atoms with Crippen molar-refractivity contribution in [3.8, 4) is 0 Å². The smallest absolute Gasteiger partial charge is 0.374 e. The number of alkyl halides is 3. The number of carbonyl (C=O) groups excluding carboxylic acids is 1. The minimum Gasteiger partial charge on any atom is -0.374 e. The molecule has 0 aliphatic heterocycles. The van der Waals surface area contributed by atoms with Gasteiger partial charge in [-0.15, -0.1) is 11.3 Å². The molecule has 0 spiro atoms. The van der Waals surface area contributed by atoms with Crippen LogP contribution in [0.25, 0.3) is 0 Å². The van der Waals surface area contributed by atoms with Gasteiger partial charge in [-0.3, -0.25) is 4.79 Å². The number of carbonyl (C=O) groups is 1. The van der Waals surface area contributed by atoms with Gasteiger partial charge in [-0.1, -0.05) is 18.2 Å². The number of hydrogen-bond donors (Lipinski definition) is 2. The minimum absolute atomic E-state index is 0.1000. The van der Waals surface area contributed by atoms with Crippen molar-refractivity contribution in [1.82, 2.24) is 10.3 Å². The summed E-state index contributed by atoms with van der Waals surface area (Å²) in [7, 11) is 0. The van der Waals surface area contributed by atoms with Gasteiger partial charge in [0.25, 0.3) is 0 Å². The van der Waals surface area contributed by atoms with E-state index < -0.39 is 29.1 Å². The molecule has 1 amide bonds. The van der Waals surface area contributed by atoms with E-state index in [2.05, 4.69) is 10.3 Å². The van der Waals surface area contributed by atoms with E-state index in [4.69, 9.17) is 0 Å². The van der Waals surface area contributed by atoms with Gasteiger partial charge in [0.2, 0.25) is 11.5 Å². The maximum atomic E-state index is 13.5. The zero-order valence-corrected chi connectivity index (χ0v) is 16.0. The first-order valence-electron chi connectivity index (χ1n) is 7.93. The Balaban J connectivity index is 1.85. The van der Waals surface area contributed by atoms with E-state index in [9.17, 15) is 27.5 Å². The van der Waals surface area contributed by atoms with Crippen molar-refractivity contribution in [2.75, 3.05) is 12.3 Å². The summed E-state index contributed by atoms with van der Waals surface area (Å²) < 4.78 is 53.4. The molecule has 1 aromatic heterocycles.